The first kappa shape index (κ1) is 21.9. The van der Waals surface area contributed by atoms with Crippen LogP contribution in [0, 0.1) is 23.7 Å². The minimum absolute atomic E-state index is 0.00213. The molecule has 0 aromatic heterocycles. The van der Waals surface area contributed by atoms with E-state index in [1.807, 2.05) is 54.6 Å². The smallest absolute Gasteiger partial charge is 0.310 e. The van der Waals surface area contributed by atoms with Crippen LogP contribution in [0.3, 0.4) is 0 Å². The van der Waals surface area contributed by atoms with Crippen LogP contribution in [0.5, 0.6) is 5.75 Å². The molecule has 178 valence electrons. The third-order valence-electron chi connectivity index (χ3n) is 8.55. The van der Waals surface area contributed by atoms with Gasteiger partial charge in [-0.2, -0.15) is 0 Å². The number of rotatable bonds is 6. The number of nitrogens with zero attached hydrogens (tertiary/aromatic N) is 1. The molecule has 5 atom stereocenters. The number of quaternary nitrogens is 1. The van der Waals surface area contributed by atoms with Crippen LogP contribution >= 0.6 is 0 Å². The molecular weight excluding hydrogens is 426 g/mol. The molecule has 6 aliphatic rings. The molecule has 4 fully saturated rings. The quantitative estimate of drug-likeness (QED) is 0.474. The second kappa shape index (κ2) is 9.20. The average Bonchev–Trinajstić information content (AvgIpc) is 2.88. The summed E-state index contributed by atoms with van der Waals surface area (Å²) < 4.78 is 19.7. The van der Waals surface area contributed by atoms with E-state index in [-0.39, 0.29) is 42.0 Å². The summed E-state index contributed by atoms with van der Waals surface area (Å²) in [4.78, 5) is 13.7. The summed E-state index contributed by atoms with van der Waals surface area (Å²) in [6, 6.07) is 10.0. The van der Waals surface area contributed by atoms with Crippen molar-refractivity contribution in [3.63, 3.8) is 0 Å². The summed E-state index contributed by atoms with van der Waals surface area (Å²) in [6.07, 6.45) is 18.6. The highest BCUT2D eigenvalue weighted by Crippen LogP contribution is 2.43. The van der Waals surface area contributed by atoms with E-state index in [1.165, 1.54) is 0 Å². The van der Waals surface area contributed by atoms with Crippen LogP contribution in [0.4, 0.5) is 0 Å². The highest BCUT2D eigenvalue weighted by Gasteiger charge is 2.51. The standard InChI is InChI=1S/C29H34NO4/c31-29(28-23-10-4-6-12-25(23)33-26-13-7-5-11-24(26)28)34-27-20-30(16-14-21(27)15-17-30)18-19-32-22-8-2-1-3-9-22/h1-13,21,23-28H,14-20H2/q+1/t21?,23?,24?,25?,26?,27-,28?,30?/m0/s1. The number of para-hydroxylation sites is 1. The van der Waals surface area contributed by atoms with Crippen LogP contribution in [0.1, 0.15) is 12.8 Å². The van der Waals surface area contributed by atoms with E-state index < -0.39 is 0 Å². The molecule has 0 radical (unpaired) electrons. The second-order valence-electron chi connectivity index (χ2n) is 10.5. The summed E-state index contributed by atoms with van der Waals surface area (Å²) >= 11 is 0. The zero-order chi connectivity index (χ0) is 23.0. The van der Waals surface area contributed by atoms with Gasteiger partial charge in [-0.05, 0) is 12.1 Å². The molecule has 0 amide bonds. The Morgan fingerprint density at radius 2 is 1.56 bits per heavy atom. The Balaban J connectivity index is 1.13. The molecule has 4 heterocycles. The predicted molar refractivity (Wildman–Crippen MR) is 130 cm³/mol. The number of hydrogen-bond acceptors (Lipinski definition) is 4. The molecule has 0 spiro atoms. The van der Waals surface area contributed by atoms with Crippen molar-refractivity contribution in [2.45, 2.75) is 31.2 Å². The molecule has 5 nitrogen and oxygen atoms in total. The molecule has 2 aliphatic carbocycles. The SMILES string of the molecule is O=C(O[C@H]1C[N+]2(CCOc3ccccc3)CCC1CC2)C1C2C=CC=CC2OC2C=CC=CC21. The maximum Gasteiger partial charge on any atom is 0.310 e. The van der Waals surface area contributed by atoms with E-state index in [2.05, 4.69) is 24.3 Å². The molecule has 1 aromatic rings. The summed E-state index contributed by atoms with van der Waals surface area (Å²) in [7, 11) is 0. The highest BCUT2D eigenvalue weighted by atomic mass is 16.5. The van der Waals surface area contributed by atoms with Crippen LogP contribution in [0.15, 0.2) is 78.9 Å². The van der Waals surface area contributed by atoms with Gasteiger partial charge in [-0.3, -0.25) is 4.79 Å². The van der Waals surface area contributed by atoms with Crippen LogP contribution in [-0.4, -0.2) is 61.6 Å². The number of ether oxygens (including phenoxy) is 3. The van der Waals surface area contributed by atoms with Gasteiger partial charge in [-0.15, -0.1) is 0 Å². The minimum Gasteiger partial charge on any atom is -0.488 e. The first-order valence-electron chi connectivity index (χ1n) is 12.8. The third kappa shape index (κ3) is 4.16. The maximum absolute atomic E-state index is 13.7. The minimum atomic E-state index is -0.212. The van der Waals surface area contributed by atoms with E-state index in [4.69, 9.17) is 14.2 Å². The number of esters is 1. The molecule has 1 aromatic carbocycles. The lowest BCUT2D eigenvalue weighted by molar-refractivity contribution is -0.946. The summed E-state index contributed by atoms with van der Waals surface area (Å²) in [6.45, 7) is 4.88. The number of piperidine rings is 3. The topological polar surface area (TPSA) is 44.8 Å². The van der Waals surface area contributed by atoms with Crippen molar-refractivity contribution in [2.75, 3.05) is 32.8 Å². The Kier molecular flexibility index (Phi) is 5.92. The number of fused-ring (bicyclic) bond motifs is 5. The van der Waals surface area contributed by atoms with Gasteiger partial charge in [-0.25, -0.2) is 0 Å². The van der Waals surface area contributed by atoms with Crippen molar-refractivity contribution in [2.24, 2.45) is 23.7 Å². The van der Waals surface area contributed by atoms with Gasteiger partial charge in [0.05, 0.1) is 31.2 Å². The predicted octanol–water partition coefficient (Wildman–Crippen LogP) is 4.09. The Bertz CT molecular complexity index is 970. The number of carbonyl (C=O) groups excluding carboxylic acids is 1. The lowest BCUT2D eigenvalue weighted by Crippen LogP contribution is -2.65. The van der Waals surface area contributed by atoms with Gasteiger partial charge >= 0.3 is 5.97 Å². The van der Waals surface area contributed by atoms with Gasteiger partial charge in [-0.1, -0.05) is 66.8 Å². The Morgan fingerprint density at radius 3 is 2.24 bits per heavy atom. The van der Waals surface area contributed by atoms with Crippen LogP contribution in [0.25, 0.3) is 0 Å². The fraction of sp³-hybridized carbons (Fsp3) is 0.483. The molecule has 4 saturated heterocycles. The van der Waals surface area contributed by atoms with E-state index in [9.17, 15) is 4.79 Å². The Labute approximate surface area is 202 Å². The number of allylic oxidation sites excluding steroid dienone is 4. The number of benzene rings is 1. The van der Waals surface area contributed by atoms with Crippen molar-refractivity contribution < 1.29 is 23.5 Å². The normalized spacial score (nSPS) is 39.4. The molecule has 34 heavy (non-hydrogen) atoms. The first-order valence-corrected chi connectivity index (χ1v) is 12.8. The van der Waals surface area contributed by atoms with E-state index >= 15 is 0 Å². The van der Waals surface area contributed by atoms with Gasteiger partial charge in [0.25, 0.3) is 0 Å². The van der Waals surface area contributed by atoms with E-state index in [0.29, 0.717) is 12.5 Å². The molecule has 2 bridgehead atoms. The maximum atomic E-state index is 13.7. The monoisotopic (exact) mass is 460 g/mol. The van der Waals surface area contributed by atoms with Gasteiger partial charge in [0.1, 0.15) is 25.4 Å². The molecule has 5 heteroatoms. The van der Waals surface area contributed by atoms with Gasteiger partial charge in [0, 0.05) is 30.6 Å². The van der Waals surface area contributed by atoms with Crippen LogP contribution < -0.4 is 4.74 Å². The fourth-order valence-electron chi connectivity index (χ4n) is 6.65. The van der Waals surface area contributed by atoms with E-state index in [0.717, 1.165) is 49.3 Å². The van der Waals surface area contributed by atoms with E-state index in [1.54, 1.807) is 0 Å². The van der Waals surface area contributed by atoms with Gasteiger partial charge in [0.2, 0.25) is 0 Å². The molecule has 4 aliphatic heterocycles. The summed E-state index contributed by atoms with van der Waals surface area (Å²) in [5, 5.41) is 0. The molecular formula is C29H34NO4+. The molecule has 0 saturated carbocycles. The third-order valence-corrected chi connectivity index (χ3v) is 8.55. The van der Waals surface area contributed by atoms with Crippen molar-refractivity contribution >= 4 is 5.97 Å². The van der Waals surface area contributed by atoms with Gasteiger partial charge < -0.3 is 18.7 Å². The fourth-order valence-corrected chi connectivity index (χ4v) is 6.65. The Morgan fingerprint density at radius 1 is 0.912 bits per heavy atom. The van der Waals surface area contributed by atoms with Crippen LogP contribution in [-0.2, 0) is 14.3 Å². The van der Waals surface area contributed by atoms with Crippen molar-refractivity contribution in [1.29, 1.82) is 0 Å². The molecule has 4 unspecified atom stereocenters. The first-order chi connectivity index (χ1) is 16.7. The van der Waals surface area contributed by atoms with Crippen molar-refractivity contribution in [3.05, 3.63) is 78.9 Å². The lowest BCUT2D eigenvalue weighted by atomic mass is 9.71. The Hall–Kier alpha value is -2.63. The average molecular weight is 461 g/mol. The summed E-state index contributed by atoms with van der Waals surface area (Å²) in [5.41, 5.74) is 0. The molecule has 7 rings (SSSR count). The van der Waals surface area contributed by atoms with Crippen molar-refractivity contribution in [3.8, 4) is 5.75 Å². The number of hydrogen-bond donors (Lipinski definition) is 0. The molecule has 0 N–H and O–H groups in total. The van der Waals surface area contributed by atoms with Gasteiger partial charge in [0.15, 0.2) is 6.10 Å². The van der Waals surface area contributed by atoms with Crippen LogP contribution in [0.2, 0.25) is 0 Å². The zero-order valence-corrected chi connectivity index (χ0v) is 19.6. The lowest BCUT2D eigenvalue weighted by Gasteiger charge is -2.52. The highest BCUT2D eigenvalue weighted by molar-refractivity contribution is 5.75. The second-order valence-corrected chi connectivity index (χ2v) is 10.5. The zero-order valence-electron chi connectivity index (χ0n) is 19.6. The largest absolute Gasteiger partial charge is 0.488 e. The van der Waals surface area contributed by atoms with Crippen molar-refractivity contribution in [1.82, 2.24) is 0 Å². The summed E-state index contributed by atoms with van der Waals surface area (Å²) in [5.74, 6) is 1.19. The number of carbonyl (C=O) groups is 1.